The Labute approximate surface area is 203 Å². The molecule has 8 heteroatoms. The largest absolute Gasteiger partial charge is 0.474 e. The Morgan fingerprint density at radius 1 is 1.00 bits per heavy atom. The molecule has 1 amide bonds. The number of amides is 1. The molecular weight excluding hydrogens is 440 g/mol. The van der Waals surface area contributed by atoms with Crippen molar-refractivity contribution in [2.24, 2.45) is 12.5 Å². The van der Waals surface area contributed by atoms with Crippen molar-refractivity contribution in [2.75, 3.05) is 31.1 Å². The standard InChI is InChI=1S/C27H26N6O2/c1-31-13-21(11-29-31)26(34)33-16-27(17-33)14-32(15-27)22-9-20(10-28-12-22)18-2-6-24-19(8-18)3-7-25(30-24)35-23-4-5-23/h2-3,6-13,23H,4-5,14-17H2,1H3. The third kappa shape index (κ3) is 3.69. The number of hydrogen-bond donors (Lipinski definition) is 0. The average Bonchev–Trinajstić information content (AvgIpc) is 3.53. The van der Waals surface area contributed by atoms with Crippen LogP contribution in [0.25, 0.3) is 22.0 Å². The maximum absolute atomic E-state index is 12.6. The quantitative estimate of drug-likeness (QED) is 0.448. The van der Waals surface area contributed by atoms with Crippen LogP contribution in [0, 0.1) is 5.41 Å². The van der Waals surface area contributed by atoms with E-state index in [0.29, 0.717) is 17.5 Å². The Morgan fingerprint density at radius 3 is 2.63 bits per heavy atom. The molecule has 0 atom stereocenters. The molecule has 0 N–H and O–H groups in total. The molecule has 35 heavy (non-hydrogen) atoms. The molecule has 1 saturated carbocycles. The number of fused-ring (bicyclic) bond motifs is 1. The van der Waals surface area contributed by atoms with Gasteiger partial charge in [-0.1, -0.05) is 6.07 Å². The van der Waals surface area contributed by atoms with E-state index < -0.39 is 0 Å². The lowest BCUT2D eigenvalue weighted by molar-refractivity contribution is -0.0105. The fourth-order valence-electron chi connectivity index (χ4n) is 5.23. The zero-order chi connectivity index (χ0) is 23.6. The summed E-state index contributed by atoms with van der Waals surface area (Å²) in [7, 11) is 1.83. The van der Waals surface area contributed by atoms with Crippen molar-refractivity contribution < 1.29 is 9.53 Å². The number of carbonyl (C=O) groups is 1. The van der Waals surface area contributed by atoms with Crippen molar-refractivity contribution in [1.82, 2.24) is 24.6 Å². The van der Waals surface area contributed by atoms with Gasteiger partial charge in [-0.3, -0.25) is 14.5 Å². The lowest BCUT2D eigenvalue weighted by Crippen LogP contribution is -2.73. The van der Waals surface area contributed by atoms with Gasteiger partial charge in [0.2, 0.25) is 5.88 Å². The van der Waals surface area contributed by atoms with E-state index in [9.17, 15) is 4.79 Å². The highest BCUT2D eigenvalue weighted by Gasteiger charge is 2.53. The van der Waals surface area contributed by atoms with Crippen LogP contribution in [0.3, 0.4) is 0 Å². The Kier molecular flexibility index (Phi) is 4.40. The molecule has 1 aromatic carbocycles. The van der Waals surface area contributed by atoms with Crippen molar-refractivity contribution in [2.45, 2.75) is 18.9 Å². The van der Waals surface area contributed by atoms with Crippen LogP contribution in [0.5, 0.6) is 5.88 Å². The summed E-state index contributed by atoms with van der Waals surface area (Å²) in [5.41, 5.74) is 5.13. The highest BCUT2D eigenvalue weighted by molar-refractivity contribution is 5.94. The number of carbonyl (C=O) groups excluding carboxylic acids is 1. The van der Waals surface area contributed by atoms with Crippen molar-refractivity contribution in [1.29, 1.82) is 0 Å². The van der Waals surface area contributed by atoms with Crippen molar-refractivity contribution in [3.05, 3.63) is 66.7 Å². The summed E-state index contributed by atoms with van der Waals surface area (Å²) in [6.45, 7) is 3.49. The highest BCUT2D eigenvalue weighted by atomic mass is 16.5. The number of aromatic nitrogens is 4. The fourth-order valence-corrected chi connectivity index (χ4v) is 5.23. The number of ether oxygens (including phenoxy) is 1. The Bertz CT molecular complexity index is 1450. The highest BCUT2D eigenvalue weighted by Crippen LogP contribution is 2.43. The minimum absolute atomic E-state index is 0.0721. The zero-order valence-electron chi connectivity index (χ0n) is 19.6. The second-order valence-corrected chi connectivity index (χ2v) is 10.2. The van der Waals surface area contributed by atoms with Gasteiger partial charge in [-0.25, -0.2) is 4.98 Å². The SMILES string of the molecule is Cn1cc(C(=O)N2CC3(C2)CN(c2cncc(-c4ccc5nc(OC6CC6)ccc5c4)c2)C3)cn1. The molecule has 0 radical (unpaired) electrons. The normalized spacial score (nSPS) is 18.4. The van der Waals surface area contributed by atoms with Crippen LogP contribution in [0.1, 0.15) is 23.2 Å². The van der Waals surface area contributed by atoms with E-state index in [1.807, 2.05) is 30.4 Å². The summed E-state index contributed by atoms with van der Waals surface area (Å²) in [4.78, 5) is 26.1. The number of hydrogen-bond acceptors (Lipinski definition) is 6. The average molecular weight is 467 g/mol. The summed E-state index contributed by atoms with van der Waals surface area (Å²) >= 11 is 0. The third-order valence-electron chi connectivity index (χ3n) is 7.24. The molecule has 0 bridgehead atoms. The van der Waals surface area contributed by atoms with Crippen LogP contribution in [-0.2, 0) is 7.05 Å². The van der Waals surface area contributed by atoms with Gasteiger partial charge in [-0.2, -0.15) is 5.10 Å². The molecule has 3 fully saturated rings. The number of pyridine rings is 2. The lowest BCUT2D eigenvalue weighted by Gasteiger charge is -2.60. The molecule has 0 unspecified atom stereocenters. The van der Waals surface area contributed by atoms with Gasteiger partial charge in [0.25, 0.3) is 5.91 Å². The smallest absolute Gasteiger partial charge is 0.257 e. The number of aryl methyl sites for hydroxylation is 1. The first-order valence-electron chi connectivity index (χ1n) is 12.1. The third-order valence-corrected chi connectivity index (χ3v) is 7.24. The van der Waals surface area contributed by atoms with Crippen molar-refractivity contribution in [3.63, 3.8) is 0 Å². The van der Waals surface area contributed by atoms with Gasteiger partial charge in [0.15, 0.2) is 0 Å². The lowest BCUT2D eigenvalue weighted by atomic mass is 9.72. The van der Waals surface area contributed by atoms with Gasteiger partial charge in [0.05, 0.1) is 29.2 Å². The first-order chi connectivity index (χ1) is 17.0. The molecule has 4 aromatic rings. The monoisotopic (exact) mass is 466 g/mol. The van der Waals surface area contributed by atoms with E-state index in [4.69, 9.17) is 4.74 Å². The number of anilines is 1. The first kappa shape index (κ1) is 20.4. The number of benzene rings is 1. The van der Waals surface area contributed by atoms with Crippen LogP contribution in [-0.4, -0.2) is 62.8 Å². The van der Waals surface area contributed by atoms with E-state index in [0.717, 1.165) is 66.7 Å². The van der Waals surface area contributed by atoms with Crippen molar-refractivity contribution >= 4 is 22.5 Å². The summed E-state index contributed by atoms with van der Waals surface area (Å²) in [5, 5.41) is 5.20. The van der Waals surface area contributed by atoms with Gasteiger partial charge in [-0.15, -0.1) is 0 Å². The minimum atomic E-state index is 0.0721. The van der Waals surface area contributed by atoms with Crippen LogP contribution >= 0.6 is 0 Å². The Morgan fingerprint density at radius 2 is 1.86 bits per heavy atom. The second-order valence-electron chi connectivity index (χ2n) is 10.2. The number of rotatable bonds is 5. The minimum Gasteiger partial charge on any atom is -0.474 e. The first-order valence-corrected chi connectivity index (χ1v) is 12.1. The number of likely N-dealkylation sites (tertiary alicyclic amines) is 1. The zero-order valence-corrected chi connectivity index (χ0v) is 19.6. The summed E-state index contributed by atoms with van der Waals surface area (Å²) < 4.78 is 7.50. The molecule has 3 aromatic heterocycles. The van der Waals surface area contributed by atoms with Crippen LogP contribution in [0.15, 0.2) is 61.2 Å². The molecule has 3 aliphatic rings. The van der Waals surface area contributed by atoms with E-state index in [1.165, 1.54) is 0 Å². The van der Waals surface area contributed by atoms with Gasteiger partial charge >= 0.3 is 0 Å². The van der Waals surface area contributed by atoms with E-state index >= 15 is 0 Å². The van der Waals surface area contributed by atoms with E-state index in [1.54, 1.807) is 17.1 Å². The second kappa shape index (κ2) is 7.53. The molecule has 1 spiro atoms. The molecular formula is C27H26N6O2. The fraction of sp³-hybridized carbons (Fsp3) is 0.333. The van der Waals surface area contributed by atoms with Gasteiger partial charge in [0, 0.05) is 68.1 Å². The molecule has 7 rings (SSSR count). The maximum Gasteiger partial charge on any atom is 0.257 e. The maximum atomic E-state index is 12.6. The molecule has 8 nitrogen and oxygen atoms in total. The van der Waals surface area contributed by atoms with Crippen LogP contribution in [0.4, 0.5) is 5.69 Å². The molecule has 176 valence electrons. The van der Waals surface area contributed by atoms with Gasteiger partial charge < -0.3 is 14.5 Å². The van der Waals surface area contributed by atoms with Crippen molar-refractivity contribution in [3.8, 4) is 17.0 Å². The van der Waals surface area contributed by atoms with E-state index in [-0.39, 0.29) is 11.3 Å². The van der Waals surface area contributed by atoms with Gasteiger partial charge in [0.1, 0.15) is 6.10 Å². The molecule has 1 aliphatic carbocycles. The molecule has 5 heterocycles. The van der Waals surface area contributed by atoms with Crippen LogP contribution in [0.2, 0.25) is 0 Å². The predicted molar refractivity (Wildman–Crippen MR) is 132 cm³/mol. The predicted octanol–water partition coefficient (Wildman–Crippen LogP) is 3.53. The van der Waals surface area contributed by atoms with Crippen LogP contribution < -0.4 is 9.64 Å². The molecule has 2 saturated heterocycles. The Balaban J connectivity index is 1.03. The summed E-state index contributed by atoms with van der Waals surface area (Å²) in [5.74, 6) is 0.780. The summed E-state index contributed by atoms with van der Waals surface area (Å²) in [6, 6.07) is 12.6. The topological polar surface area (TPSA) is 76.4 Å². The number of nitrogens with zero attached hydrogens (tertiary/aromatic N) is 6. The molecule has 2 aliphatic heterocycles. The summed E-state index contributed by atoms with van der Waals surface area (Å²) in [6.07, 6.45) is 9.86. The van der Waals surface area contributed by atoms with Gasteiger partial charge in [-0.05, 0) is 42.7 Å². The van der Waals surface area contributed by atoms with E-state index in [2.05, 4.69) is 50.3 Å². The Hall–Kier alpha value is -3.94.